The van der Waals surface area contributed by atoms with Gasteiger partial charge in [-0.05, 0) is 5.56 Å². The Morgan fingerprint density at radius 1 is 1.18 bits per heavy atom. The van der Waals surface area contributed by atoms with Gasteiger partial charge in [0.15, 0.2) is 0 Å². The summed E-state index contributed by atoms with van der Waals surface area (Å²) in [7, 11) is 0. The summed E-state index contributed by atoms with van der Waals surface area (Å²) in [4.78, 5) is 25.0. The van der Waals surface area contributed by atoms with Gasteiger partial charge in [-0.1, -0.05) is 30.3 Å². The average Bonchev–Trinajstić information content (AvgIpc) is 2.34. The first-order valence-corrected chi connectivity index (χ1v) is 5.18. The molecule has 1 aromatic carbocycles. The minimum atomic E-state index is -0.540. The van der Waals surface area contributed by atoms with Crippen molar-refractivity contribution in [2.45, 2.75) is 13.2 Å². The van der Waals surface area contributed by atoms with Crippen LogP contribution in [0.1, 0.15) is 11.1 Å². The first-order valence-electron chi connectivity index (χ1n) is 5.18. The molecule has 5 nitrogen and oxygen atoms in total. The molecule has 5 heteroatoms. The second-order valence-electron chi connectivity index (χ2n) is 3.69. The molecule has 2 rings (SSSR count). The molecule has 0 bridgehead atoms. The summed E-state index contributed by atoms with van der Waals surface area (Å²) in [6.45, 7) is -0.0200. The summed E-state index contributed by atoms with van der Waals surface area (Å²) in [5, 5.41) is 8.96. The third-order valence-electron chi connectivity index (χ3n) is 2.45. The van der Waals surface area contributed by atoms with E-state index in [1.165, 1.54) is 10.8 Å². The van der Waals surface area contributed by atoms with Crippen LogP contribution < -0.4 is 11.2 Å². The maximum Gasteiger partial charge on any atom is 0.328 e. The molecule has 0 spiro atoms. The highest BCUT2D eigenvalue weighted by atomic mass is 16.3. The quantitative estimate of drug-likeness (QED) is 0.786. The van der Waals surface area contributed by atoms with Crippen molar-refractivity contribution in [1.29, 1.82) is 0 Å². The molecule has 0 saturated carbocycles. The zero-order valence-corrected chi connectivity index (χ0v) is 9.09. The fourth-order valence-electron chi connectivity index (χ4n) is 1.56. The second-order valence-corrected chi connectivity index (χ2v) is 3.69. The van der Waals surface area contributed by atoms with Gasteiger partial charge in [0.25, 0.3) is 5.56 Å². The number of aromatic amines is 1. The molecule has 1 aromatic heterocycles. The van der Waals surface area contributed by atoms with Gasteiger partial charge in [0.05, 0.1) is 18.7 Å². The highest BCUT2D eigenvalue weighted by Gasteiger charge is 2.03. The molecule has 17 heavy (non-hydrogen) atoms. The lowest BCUT2D eigenvalue weighted by Gasteiger charge is -2.06. The van der Waals surface area contributed by atoms with Gasteiger partial charge in [0.2, 0.25) is 0 Å². The van der Waals surface area contributed by atoms with Crippen molar-refractivity contribution in [2.24, 2.45) is 0 Å². The van der Waals surface area contributed by atoms with E-state index in [1.54, 1.807) is 0 Å². The molecule has 0 aliphatic heterocycles. The number of aliphatic hydroxyl groups excluding tert-OH is 1. The number of benzene rings is 1. The molecule has 2 aromatic rings. The maximum absolute atomic E-state index is 11.5. The second kappa shape index (κ2) is 4.80. The van der Waals surface area contributed by atoms with Crippen molar-refractivity contribution in [3.63, 3.8) is 0 Å². The van der Waals surface area contributed by atoms with E-state index in [4.69, 9.17) is 5.11 Å². The van der Waals surface area contributed by atoms with Gasteiger partial charge in [0, 0.05) is 6.20 Å². The van der Waals surface area contributed by atoms with Crippen LogP contribution in [0, 0.1) is 0 Å². The summed E-state index contributed by atoms with van der Waals surface area (Å²) < 4.78 is 1.36. The van der Waals surface area contributed by atoms with Crippen LogP contribution in [0.25, 0.3) is 0 Å². The number of aliphatic hydroxyl groups is 1. The largest absolute Gasteiger partial charge is 0.391 e. The van der Waals surface area contributed by atoms with Gasteiger partial charge < -0.3 is 5.11 Å². The summed E-state index contributed by atoms with van der Waals surface area (Å²) in [5.74, 6) is 0. The lowest BCUT2D eigenvalue weighted by Crippen LogP contribution is -2.32. The summed E-state index contributed by atoms with van der Waals surface area (Å²) in [5.41, 5.74) is 0.115. The monoisotopic (exact) mass is 232 g/mol. The fraction of sp³-hybridized carbons (Fsp3) is 0.167. The minimum Gasteiger partial charge on any atom is -0.391 e. The average molecular weight is 232 g/mol. The molecule has 1 heterocycles. The first kappa shape index (κ1) is 11.3. The smallest absolute Gasteiger partial charge is 0.328 e. The van der Waals surface area contributed by atoms with Crippen LogP contribution in [-0.4, -0.2) is 14.7 Å². The number of rotatable bonds is 3. The van der Waals surface area contributed by atoms with Crippen LogP contribution >= 0.6 is 0 Å². The van der Waals surface area contributed by atoms with Crippen LogP contribution in [0.4, 0.5) is 0 Å². The molecular formula is C12H12N2O3. The predicted octanol–water partition coefficient (Wildman–Crippen LogP) is 0.0772. The van der Waals surface area contributed by atoms with E-state index >= 15 is 0 Å². The molecule has 88 valence electrons. The standard InChI is InChI=1S/C12H12N2O3/c15-8-10-7-14(12(17)13-11(10)16)6-9-4-2-1-3-5-9/h1-5,7,15H,6,8H2,(H,13,16,17). The summed E-state index contributed by atoms with van der Waals surface area (Å²) >= 11 is 0. The third kappa shape index (κ3) is 2.51. The van der Waals surface area contributed by atoms with E-state index in [1.807, 2.05) is 30.3 Å². The molecule has 0 radical (unpaired) electrons. The van der Waals surface area contributed by atoms with Crippen LogP contribution in [0.2, 0.25) is 0 Å². The molecule has 2 N–H and O–H groups in total. The van der Waals surface area contributed by atoms with Crippen molar-refractivity contribution in [1.82, 2.24) is 9.55 Å². The van der Waals surface area contributed by atoms with E-state index in [9.17, 15) is 9.59 Å². The summed E-state index contributed by atoms with van der Waals surface area (Å²) in [6.07, 6.45) is 1.38. The van der Waals surface area contributed by atoms with Gasteiger partial charge >= 0.3 is 5.69 Å². The highest BCUT2D eigenvalue weighted by molar-refractivity contribution is 5.15. The van der Waals surface area contributed by atoms with Gasteiger partial charge in [-0.2, -0.15) is 0 Å². The topological polar surface area (TPSA) is 75.1 Å². The normalized spacial score (nSPS) is 10.4. The van der Waals surface area contributed by atoms with Crippen molar-refractivity contribution >= 4 is 0 Å². The Balaban J connectivity index is 2.40. The van der Waals surface area contributed by atoms with Crippen molar-refractivity contribution in [2.75, 3.05) is 0 Å². The SMILES string of the molecule is O=c1[nH]c(=O)n(Cc2ccccc2)cc1CO. The number of nitrogens with zero attached hydrogens (tertiary/aromatic N) is 1. The van der Waals surface area contributed by atoms with E-state index in [0.717, 1.165) is 5.56 Å². The van der Waals surface area contributed by atoms with E-state index in [-0.39, 0.29) is 12.2 Å². The Kier molecular flexibility index (Phi) is 3.20. The predicted molar refractivity (Wildman–Crippen MR) is 62.8 cm³/mol. The number of hydrogen-bond donors (Lipinski definition) is 2. The summed E-state index contributed by atoms with van der Waals surface area (Å²) in [6, 6.07) is 9.41. The molecule has 0 fully saturated rings. The van der Waals surface area contributed by atoms with E-state index in [2.05, 4.69) is 4.98 Å². The Hall–Kier alpha value is -2.14. The Labute approximate surface area is 97.0 Å². The molecule has 0 saturated heterocycles. The third-order valence-corrected chi connectivity index (χ3v) is 2.45. The Bertz CT molecular complexity index is 614. The first-order chi connectivity index (χ1) is 8.20. The number of H-pyrrole nitrogens is 1. The minimum absolute atomic E-state index is 0.181. The fourth-order valence-corrected chi connectivity index (χ4v) is 1.56. The molecule has 0 atom stereocenters. The molecule has 0 unspecified atom stereocenters. The molecule has 0 aliphatic rings. The van der Waals surface area contributed by atoms with E-state index in [0.29, 0.717) is 6.54 Å². The highest BCUT2D eigenvalue weighted by Crippen LogP contribution is 2.00. The van der Waals surface area contributed by atoms with Crippen LogP contribution in [0.3, 0.4) is 0 Å². The van der Waals surface area contributed by atoms with Gasteiger partial charge in [-0.15, -0.1) is 0 Å². The Morgan fingerprint density at radius 2 is 1.88 bits per heavy atom. The van der Waals surface area contributed by atoms with Crippen molar-refractivity contribution < 1.29 is 5.11 Å². The number of hydrogen-bond acceptors (Lipinski definition) is 3. The van der Waals surface area contributed by atoms with Crippen molar-refractivity contribution in [3.8, 4) is 0 Å². The zero-order valence-electron chi connectivity index (χ0n) is 9.09. The van der Waals surface area contributed by atoms with Crippen LogP contribution in [0.15, 0.2) is 46.1 Å². The van der Waals surface area contributed by atoms with Gasteiger partial charge in [-0.25, -0.2) is 4.79 Å². The Morgan fingerprint density at radius 3 is 2.53 bits per heavy atom. The van der Waals surface area contributed by atoms with Crippen LogP contribution in [-0.2, 0) is 13.2 Å². The lowest BCUT2D eigenvalue weighted by atomic mass is 10.2. The van der Waals surface area contributed by atoms with Crippen molar-refractivity contribution in [3.05, 3.63) is 68.5 Å². The molecular weight excluding hydrogens is 220 g/mol. The van der Waals surface area contributed by atoms with Crippen LogP contribution in [0.5, 0.6) is 0 Å². The lowest BCUT2D eigenvalue weighted by molar-refractivity contribution is 0.278. The van der Waals surface area contributed by atoms with Gasteiger partial charge in [-0.3, -0.25) is 14.3 Å². The molecule has 0 amide bonds. The maximum atomic E-state index is 11.5. The molecule has 0 aliphatic carbocycles. The van der Waals surface area contributed by atoms with E-state index < -0.39 is 11.2 Å². The number of nitrogens with one attached hydrogen (secondary N) is 1. The van der Waals surface area contributed by atoms with Gasteiger partial charge in [0.1, 0.15) is 0 Å². The zero-order chi connectivity index (χ0) is 12.3. The number of aromatic nitrogens is 2.